The third kappa shape index (κ3) is 2.85. The van der Waals surface area contributed by atoms with Crippen molar-refractivity contribution < 1.29 is 14.3 Å². The van der Waals surface area contributed by atoms with Crippen molar-refractivity contribution in [3.63, 3.8) is 0 Å². The number of carbonyl (C=O) groups is 2. The molecule has 0 fully saturated rings. The highest BCUT2D eigenvalue weighted by Gasteiger charge is 2.34. The number of nitrogens with zero attached hydrogens (tertiary/aromatic N) is 1. The van der Waals surface area contributed by atoms with E-state index < -0.39 is 12.0 Å². The Kier molecular flexibility index (Phi) is 4.25. The average Bonchev–Trinajstić information content (AvgIpc) is 2.90. The first-order valence-corrected chi connectivity index (χ1v) is 7.95. The lowest BCUT2D eigenvalue weighted by atomic mass is 10.1. The van der Waals surface area contributed by atoms with E-state index in [4.69, 9.17) is 10.5 Å². The molecule has 2 aromatic carbocycles. The summed E-state index contributed by atoms with van der Waals surface area (Å²) in [5, 5.41) is 0. The first-order chi connectivity index (χ1) is 11.5. The smallest absolute Gasteiger partial charge is 0.268 e. The molecule has 0 radical (unpaired) electrons. The molecule has 0 spiro atoms. The number of anilines is 1. The molecule has 5 nitrogen and oxygen atoms in total. The van der Waals surface area contributed by atoms with Gasteiger partial charge < -0.3 is 15.4 Å². The first-order valence-electron chi connectivity index (χ1n) is 7.95. The molecule has 24 heavy (non-hydrogen) atoms. The molecule has 0 bridgehead atoms. The van der Waals surface area contributed by atoms with Crippen LogP contribution in [0.5, 0.6) is 5.75 Å². The molecule has 0 aromatic heterocycles. The van der Waals surface area contributed by atoms with Crippen LogP contribution in [-0.4, -0.2) is 24.0 Å². The van der Waals surface area contributed by atoms with Gasteiger partial charge in [0.1, 0.15) is 5.75 Å². The molecule has 3 rings (SSSR count). The van der Waals surface area contributed by atoms with Crippen LogP contribution in [-0.2, 0) is 11.2 Å². The Bertz CT molecular complexity index is 788. The summed E-state index contributed by atoms with van der Waals surface area (Å²) in [4.78, 5) is 26.2. The Morgan fingerprint density at radius 2 is 1.83 bits per heavy atom. The van der Waals surface area contributed by atoms with Crippen LogP contribution in [0.2, 0.25) is 0 Å². The minimum Gasteiger partial charge on any atom is -0.480 e. The lowest BCUT2D eigenvalue weighted by Crippen LogP contribution is -2.43. The number of nitrogens with two attached hydrogens (primary N) is 1. The zero-order valence-corrected chi connectivity index (χ0v) is 13.7. The van der Waals surface area contributed by atoms with E-state index in [0.29, 0.717) is 5.75 Å². The Labute approximate surface area is 141 Å². The molecule has 1 aliphatic heterocycles. The van der Waals surface area contributed by atoms with Gasteiger partial charge in [0.2, 0.25) is 0 Å². The number of para-hydroxylation sites is 2. The molecule has 1 aliphatic rings. The van der Waals surface area contributed by atoms with Crippen molar-refractivity contribution in [1.29, 1.82) is 0 Å². The summed E-state index contributed by atoms with van der Waals surface area (Å²) in [5.41, 5.74) is 7.71. The van der Waals surface area contributed by atoms with Crippen LogP contribution in [0.25, 0.3) is 0 Å². The van der Waals surface area contributed by atoms with Gasteiger partial charge in [0.05, 0.1) is 5.56 Å². The largest absolute Gasteiger partial charge is 0.480 e. The fourth-order valence-electron chi connectivity index (χ4n) is 3.11. The molecule has 124 valence electrons. The maximum Gasteiger partial charge on any atom is 0.268 e. The van der Waals surface area contributed by atoms with Gasteiger partial charge in [-0.3, -0.25) is 9.59 Å². The summed E-state index contributed by atoms with van der Waals surface area (Å²) in [7, 11) is 0. The fraction of sp³-hybridized carbons (Fsp3) is 0.263. The van der Waals surface area contributed by atoms with Crippen LogP contribution >= 0.6 is 0 Å². The first kappa shape index (κ1) is 16.1. The lowest BCUT2D eigenvalue weighted by Gasteiger charge is -2.26. The fourth-order valence-corrected chi connectivity index (χ4v) is 3.11. The Hall–Kier alpha value is -2.82. The molecule has 2 atom stereocenters. The number of amides is 2. The molecule has 0 aliphatic carbocycles. The molecule has 0 saturated heterocycles. The predicted octanol–water partition coefficient (Wildman–Crippen LogP) is 2.53. The molecule has 0 saturated carbocycles. The van der Waals surface area contributed by atoms with Gasteiger partial charge in [-0.1, -0.05) is 30.3 Å². The van der Waals surface area contributed by atoms with Crippen molar-refractivity contribution >= 4 is 17.5 Å². The molecule has 2 N–H and O–H groups in total. The van der Waals surface area contributed by atoms with Crippen LogP contribution in [0.15, 0.2) is 48.5 Å². The standard InChI is InChI=1S/C19H20N2O3/c1-12-11-14-7-3-5-9-16(14)21(12)19(23)13(2)24-17-10-6-4-8-15(17)18(20)22/h3-10,12-13H,11H2,1-2H3,(H2,20,22). The van der Waals surface area contributed by atoms with E-state index in [2.05, 4.69) is 0 Å². The summed E-state index contributed by atoms with van der Waals surface area (Å²) in [6, 6.07) is 14.6. The number of benzene rings is 2. The van der Waals surface area contributed by atoms with E-state index in [9.17, 15) is 9.59 Å². The minimum absolute atomic E-state index is 0.0762. The molecule has 5 heteroatoms. The van der Waals surface area contributed by atoms with Gasteiger partial charge in [0, 0.05) is 11.7 Å². The minimum atomic E-state index is -0.723. The topological polar surface area (TPSA) is 72.6 Å². The highest BCUT2D eigenvalue weighted by atomic mass is 16.5. The Morgan fingerprint density at radius 3 is 2.58 bits per heavy atom. The number of hydrogen-bond donors (Lipinski definition) is 1. The van der Waals surface area contributed by atoms with Crippen LogP contribution in [0, 0.1) is 0 Å². The third-order valence-electron chi connectivity index (χ3n) is 4.25. The Morgan fingerprint density at radius 1 is 1.17 bits per heavy atom. The highest BCUT2D eigenvalue weighted by molar-refractivity contribution is 5.99. The second kappa shape index (κ2) is 6.35. The lowest BCUT2D eigenvalue weighted by molar-refractivity contribution is -0.124. The average molecular weight is 324 g/mol. The van der Waals surface area contributed by atoms with E-state index in [1.165, 1.54) is 0 Å². The van der Waals surface area contributed by atoms with E-state index in [1.807, 2.05) is 31.2 Å². The van der Waals surface area contributed by atoms with Gasteiger partial charge in [0.25, 0.3) is 11.8 Å². The van der Waals surface area contributed by atoms with Crippen molar-refractivity contribution in [2.75, 3.05) is 4.90 Å². The van der Waals surface area contributed by atoms with Gasteiger partial charge in [-0.05, 0) is 44.0 Å². The molecule has 2 unspecified atom stereocenters. The van der Waals surface area contributed by atoms with E-state index >= 15 is 0 Å². The normalized spacial score (nSPS) is 17.2. The second-order valence-electron chi connectivity index (χ2n) is 6.01. The number of carbonyl (C=O) groups excluding carboxylic acids is 2. The second-order valence-corrected chi connectivity index (χ2v) is 6.01. The van der Waals surface area contributed by atoms with Gasteiger partial charge >= 0.3 is 0 Å². The maximum absolute atomic E-state index is 12.9. The van der Waals surface area contributed by atoms with Gasteiger partial charge in [-0.15, -0.1) is 0 Å². The summed E-state index contributed by atoms with van der Waals surface area (Å²) in [5.74, 6) is -0.386. The van der Waals surface area contributed by atoms with Gasteiger partial charge in [-0.25, -0.2) is 0 Å². The van der Waals surface area contributed by atoms with Crippen molar-refractivity contribution in [3.8, 4) is 5.75 Å². The number of ether oxygens (including phenoxy) is 1. The number of hydrogen-bond acceptors (Lipinski definition) is 3. The number of fused-ring (bicyclic) bond motifs is 1. The third-order valence-corrected chi connectivity index (χ3v) is 4.25. The van der Waals surface area contributed by atoms with Crippen LogP contribution in [0.3, 0.4) is 0 Å². The van der Waals surface area contributed by atoms with Crippen LogP contribution in [0.1, 0.15) is 29.8 Å². The van der Waals surface area contributed by atoms with Crippen molar-refractivity contribution in [2.24, 2.45) is 5.73 Å². The predicted molar refractivity (Wildman–Crippen MR) is 92.1 cm³/mol. The number of primary amides is 1. The maximum atomic E-state index is 12.9. The SMILES string of the molecule is CC(Oc1ccccc1C(N)=O)C(=O)N1c2ccccc2CC1C. The zero-order chi connectivity index (χ0) is 17.3. The van der Waals surface area contributed by atoms with E-state index in [1.54, 1.807) is 36.1 Å². The highest BCUT2D eigenvalue weighted by Crippen LogP contribution is 2.32. The summed E-state index contributed by atoms with van der Waals surface area (Å²) in [6.07, 6.45) is 0.103. The van der Waals surface area contributed by atoms with E-state index in [-0.39, 0.29) is 17.5 Å². The van der Waals surface area contributed by atoms with E-state index in [0.717, 1.165) is 17.7 Å². The van der Waals surface area contributed by atoms with Crippen LogP contribution < -0.4 is 15.4 Å². The summed E-state index contributed by atoms with van der Waals surface area (Å²) >= 11 is 0. The molecule has 2 amide bonds. The molecular formula is C19H20N2O3. The van der Waals surface area contributed by atoms with Crippen molar-refractivity contribution in [1.82, 2.24) is 0 Å². The Balaban J connectivity index is 1.83. The quantitative estimate of drug-likeness (QED) is 0.939. The molecule has 2 aromatic rings. The summed E-state index contributed by atoms with van der Waals surface area (Å²) < 4.78 is 5.75. The zero-order valence-electron chi connectivity index (χ0n) is 13.7. The van der Waals surface area contributed by atoms with Crippen LogP contribution in [0.4, 0.5) is 5.69 Å². The monoisotopic (exact) mass is 324 g/mol. The molecular weight excluding hydrogens is 304 g/mol. The van der Waals surface area contributed by atoms with Gasteiger partial charge in [0.15, 0.2) is 6.10 Å². The van der Waals surface area contributed by atoms with Gasteiger partial charge in [-0.2, -0.15) is 0 Å². The molecule has 1 heterocycles. The summed E-state index contributed by atoms with van der Waals surface area (Å²) in [6.45, 7) is 3.70. The van der Waals surface area contributed by atoms with Crippen molar-refractivity contribution in [3.05, 3.63) is 59.7 Å². The van der Waals surface area contributed by atoms with Crippen molar-refractivity contribution in [2.45, 2.75) is 32.4 Å². The number of rotatable bonds is 4.